The highest BCUT2D eigenvalue weighted by molar-refractivity contribution is 9.10. The van der Waals surface area contributed by atoms with Crippen LogP contribution in [0.2, 0.25) is 0 Å². The number of piperazine rings is 1. The van der Waals surface area contributed by atoms with Crippen LogP contribution in [0.4, 0.5) is 5.69 Å². The van der Waals surface area contributed by atoms with Gasteiger partial charge in [-0.1, -0.05) is 0 Å². The average molecular weight is 362 g/mol. The topological polar surface area (TPSA) is 83.7 Å². The third-order valence-electron chi connectivity index (χ3n) is 3.29. The fourth-order valence-corrected chi connectivity index (χ4v) is 3.78. The molecule has 0 atom stereocenters. The molecular formula is C12H16BrN3O3S. The predicted octanol–water partition coefficient (Wildman–Crippen LogP) is 0.884. The predicted molar refractivity (Wildman–Crippen MR) is 79.6 cm³/mol. The highest BCUT2D eigenvalue weighted by atomic mass is 79.9. The molecule has 1 aromatic rings. The van der Waals surface area contributed by atoms with E-state index in [1.54, 1.807) is 11.0 Å². The Labute approximate surface area is 126 Å². The molecule has 1 saturated heterocycles. The molecule has 1 amide bonds. The van der Waals surface area contributed by atoms with Crippen molar-refractivity contribution < 1.29 is 13.2 Å². The number of carbonyl (C=O) groups is 1. The number of nitrogen functional groups attached to an aromatic ring is 1. The van der Waals surface area contributed by atoms with Crippen LogP contribution in [0.3, 0.4) is 0 Å². The van der Waals surface area contributed by atoms with E-state index < -0.39 is 10.0 Å². The van der Waals surface area contributed by atoms with Crippen molar-refractivity contribution in [1.82, 2.24) is 9.21 Å². The van der Waals surface area contributed by atoms with E-state index in [2.05, 4.69) is 15.9 Å². The highest BCUT2D eigenvalue weighted by Crippen LogP contribution is 2.25. The number of anilines is 1. The third kappa shape index (κ3) is 2.97. The van der Waals surface area contributed by atoms with E-state index in [1.165, 1.54) is 23.4 Å². The number of carbonyl (C=O) groups excluding carboxylic acids is 1. The number of hydrogen-bond donors (Lipinski definition) is 1. The maximum absolute atomic E-state index is 12.5. The zero-order valence-electron chi connectivity index (χ0n) is 11.0. The van der Waals surface area contributed by atoms with Crippen LogP contribution in [0.15, 0.2) is 27.6 Å². The summed E-state index contributed by atoms with van der Waals surface area (Å²) in [5, 5.41) is 0. The Bertz CT molecular complexity index is 625. The zero-order valence-corrected chi connectivity index (χ0v) is 13.4. The van der Waals surface area contributed by atoms with E-state index in [9.17, 15) is 13.2 Å². The first-order valence-electron chi connectivity index (χ1n) is 6.13. The Hall–Kier alpha value is -1.12. The van der Waals surface area contributed by atoms with Crippen LogP contribution in [-0.4, -0.2) is 49.7 Å². The van der Waals surface area contributed by atoms with Crippen LogP contribution in [0.5, 0.6) is 0 Å². The lowest BCUT2D eigenvalue weighted by molar-refractivity contribution is -0.129. The van der Waals surface area contributed by atoms with Crippen molar-refractivity contribution in [1.29, 1.82) is 0 Å². The van der Waals surface area contributed by atoms with Gasteiger partial charge < -0.3 is 10.6 Å². The van der Waals surface area contributed by atoms with Gasteiger partial charge in [0, 0.05) is 43.3 Å². The fraction of sp³-hybridized carbons (Fsp3) is 0.417. The molecule has 6 nitrogen and oxygen atoms in total. The number of rotatable bonds is 2. The van der Waals surface area contributed by atoms with Crippen molar-refractivity contribution in [2.75, 3.05) is 31.9 Å². The first-order valence-corrected chi connectivity index (χ1v) is 8.36. The lowest BCUT2D eigenvalue weighted by atomic mass is 10.3. The summed E-state index contributed by atoms with van der Waals surface area (Å²) in [7, 11) is -3.56. The maximum atomic E-state index is 12.5. The van der Waals surface area contributed by atoms with Crippen LogP contribution >= 0.6 is 15.9 Å². The molecule has 2 rings (SSSR count). The summed E-state index contributed by atoms with van der Waals surface area (Å²) in [5.74, 6) is -0.0325. The minimum atomic E-state index is -3.56. The maximum Gasteiger partial charge on any atom is 0.243 e. The molecule has 1 fully saturated rings. The Morgan fingerprint density at radius 3 is 2.35 bits per heavy atom. The molecule has 0 saturated carbocycles. The molecular weight excluding hydrogens is 346 g/mol. The molecule has 110 valence electrons. The van der Waals surface area contributed by atoms with E-state index in [1.807, 2.05) is 0 Å². The molecule has 1 aliphatic rings. The Morgan fingerprint density at radius 2 is 1.85 bits per heavy atom. The molecule has 1 aliphatic heterocycles. The van der Waals surface area contributed by atoms with Gasteiger partial charge in [0.1, 0.15) is 0 Å². The minimum Gasteiger partial charge on any atom is -0.398 e. The molecule has 0 spiro atoms. The van der Waals surface area contributed by atoms with E-state index in [4.69, 9.17) is 5.73 Å². The van der Waals surface area contributed by atoms with Gasteiger partial charge in [-0.25, -0.2) is 8.42 Å². The SMILES string of the molecule is CC(=O)N1CCN(S(=O)(=O)c2ccc(Br)c(N)c2)CC1. The minimum absolute atomic E-state index is 0.0325. The summed E-state index contributed by atoms with van der Waals surface area (Å²) in [6, 6.07) is 4.58. The first kappa shape index (κ1) is 15.3. The largest absolute Gasteiger partial charge is 0.398 e. The molecule has 20 heavy (non-hydrogen) atoms. The molecule has 0 aliphatic carbocycles. The van der Waals surface area contributed by atoms with Crippen LogP contribution in [-0.2, 0) is 14.8 Å². The van der Waals surface area contributed by atoms with Crippen LogP contribution < -0.4 is 5.73 Å². The number of hydrogen-bond acceptors (Lipinski definition) is 4. The van der Waals surface area contributed by atoms with Crippen LogP contribution in [0.1, 0.15) is 6.92 Å². The zero-order chi connectivity index (χ0) is 14.9. The number of nitrogens with zero attached hydrogens (tertiary/aromatic N) is 2. The van der Waals surface area contributed by atoms with Gasteiger partial charge in [0.25, 0.3) is 0 Å². The summed E-state index contributed by atoms with van der Waals surface area (Å²) >= 11 is 3.24. The van der Waals surface area contributed by atoms with E-state index in [-0.39, 0.29) is 10.8 Å². The molecule has 1 aromatic carbocycles. The number of amides is 1. The molecule has 1 heterocycles. The number of sulfonamides is 1. The van der Waals surface area contributed by atoms with Gasteiger partial charge in [0.15, 0.2) is 0 Å². The summed E-state index contributed by atoms with van der Waals surface area (Å²) < 4.78 is 27.0. The van der Waals surface area contributed by atoms with Crippen molar-refractivity contribution in [2.45, 2.75) is 11.8 Å². The van der Waals surface area contributed by atoms with E-state index >= 15 is 0 Å². The van der Waals surface area contributed by atoms with Crippen molar-refractivity contribution >= 4 is 37.5 Å². The summed E-state index contributed by atoms with van der Waals surface area (Å²) in [6.45, 7) is 2.93. The smallest absolute Gasteiger partial charge is 0.243 e. The van der Waals surface area contributed by atoms with Crippen molar-refractivity contribution in [3.05, 3.63) is 22.7 Å². The van der Waals surface area contributed by atoms with Gasteiger partial charge in [0.05, 0.1) is 4.90 Å². The molecule has 0 aromatic heterocycles. The van der Waals surface area contributed by atoms with Gasteiger partial charge in [-0.05, 0) is 34.1 Å². The number of benzene rings is 1. The van der Waals surface area contributed by atoms with Gasteiger partial charge in [-0.15, -0.1) is 0 Å². The Kier molecular flexibility index (Phi) is 4.36. The molecule has 0 unspecified atom stereocenters. The number of nitrogens with two attached hydrogens (primary N) is 1. The van der Waals surface area contributed by atoms with E-state index in [0.29, 0.717) is 36.3 Å². The van der Waals surface area contributed by atoms with E-state index in [0.717, 1.165) is 0 Å². The number of halogens is 1. The Balaban J connectivity index is 2.19. The first-order chi connectivity index (χ1) is 9.32. The third-order valence-corrected chi connectivity index (χ3v) is 5.91. The summed E-state index contributed by atoms with van der Waals surface area (Å²) in [4.78, 5) is 13.1. The van der Waals surface area contributed by atoms with Crippen LogP contribution in [0.25, 0.3) is 0 Å². The quantitative estimate of drug-likeness (QED) is 0.792. The molecule has 2 N–H and O–H groups in total. The molecule has 0 radical (unpaired) electrons. The average Bonchev–Trinajstić information content (AvgIpc) is 2.41. The summed E-state index contributed by atoms with van der Waals surface area (Å²) in [6.07, 6.45) is 0. The van der Waals surface area contributed by atoms with Gasteiger partial charge in [-0.2, -0.15) is 4.31 Å². The van der Waals surface area contributed by atoms with Crippen molar-refractivity contribution in [3.63, 3.8) is 0 Å². The monoisotopic (exact) mass is 361 g/mol. The second kappa shape index (κ2) is 5.71. The normalized spacial score (nSPS) is 17.2. The van der Waals surface area contributed by atoms with Crippen molar-refractivity contribution in [3.8, 4) is 0 Å². The highest BCUT2D eigenvalue weighted by Gasteiger charge is 2.29. The Morgan fingerprint density at radius 1 is 1.25 bits per heavy atom. The van der Waals surface area contributed by atoms with Crippen molar-refractivity contribution in [2.24, 2.45) is 0 Å². The van der Waals surface area contributed by atoms with Gasteiger partial charge in [0.2, 0.25) is 15.9 Å². The second-order valence-corrected chi connectivity index (χ2v) is 7.39. The van der Waals surface area contributed by atoms with Crippen LogP contribution in [0, 0.1) is 0 Å². The standard InChI is InChI=1S/C12H16BrN3O3S/c1-9(17)15-4-6-16(7-5-15)20(18,19)10-2-3-11(13)12(14)8-10/h2-3,8H,4-7,14H2,1H3. The lowest BCUT2D eigenvalue weighted by Crippen LogP contribution is -2.49. The lowest BCUT2D eigenvalue weighted by Gasteiger charge is -2.33. The summed E-state index contributed by atoms with van der Waals surface area (Å²) in [5.41, 5.74) is 6.11. The molecule has 0 bridgehead atoms. The van der Waals surface area contributed by atoms with Gasteiger partial charge >= 0.3 is 0 Å². The fourth-order valence-electron chi connectivity index (χ4n) is 2.07. The molecule has 8 heteroatoms. The second-order valence-electron chi connectivity index (χ2n) is 4.59. The van der Waals surface area contributed by atoms with Gasteiger partial charge in [-0.3, -0.25) is 4.79 Å².